The van der Waals surface area contributed by atoms with Gasteiger partial charge in [-0.2, -0.15) is 0 Å². The molecule has 1 N–H and O–H groups in total. The first-order chi connectivity index (χ1) is 15.1. The van der Waals surface area contributed by atoms with Crippen molar-refractivity contribution in [3.63, 3.8) is 0 Å². The van der Waals surface area contributed by atoms with Gasteiger partial charge in [0.05, 0.1) is 41.8 Å². The first-order valence-corrected chi connectivity index (χ1v) is 11.3. The first-order valence-electron chi connectivity index (χ1n) is 9.51. The number of carbonyl (C=O) groups excluding carboxylic acids is 1. The standard InChI is InChI=1S/C22H20N4O3S2/c1-14-21(31-22(24-14)16-7-3-4-8-18(16)28-2)17-9-10-20(26-25-17)30-13-19(27)23-12-15-6-5-11-29-15/h3-11H,12-13H2,1-2H3,(H,23,27). The van der Waals surface area contributed by atoms with Gasteiger partial charge in [-0.1, -0.05) is 23.9 Å². The number of hydrogen-bond donors (Lipinski definition) is 1. The van der Waals surface area contributed by atoms with Gasteiger partial charge in [0.1, 0.15) is 27.2 Å². The van der Waals surface area contributed by atoms with Crippen molar-refractivity contribution in [3.05, 3.63) is 66.2 Å². The Morgan fingerprint density at radius 2 is 2.03 bits per heavy atom. The van der Waals surface area contributed by atoms with E-state index >= 15 is 0 Å². The zero-order valence-electron chi connectivity index (χ0n) is 17.0. The topological polar surface area (TPSA) is 90.1 Å². The Balaban J connectivity index is 1.40. The maximum absolute atomic E-state index is 12.0. The summed E-state index contributed by atoms with van der Waals surface area (Å²) >= 11 is 2.89. The van der Waals surface area contributed by atoms with Gasteiger partial charge in [-0.15, -0.1) is 21.5 Å². The van der Waals surface area contributed by atoms with Gasteiger partial charge in [-0.25, -0.2) is 4.98 Å². The van der Waals surface area contributed by atoms with Crippen LogP contribution in [0.3, 0.4) is 0 Å². The van der Waals surface area contributed by atoms with Crippen LogP contribution in [0.4, 0.5) is 0 Å². The number of hydrogen-bond acceptors (Lipinski definition) is 8. The van der Waals surface area contributed by atoms with Crippen LogP contribution in [-0.4, -0.2) is 34.0 Å². The molecular formula is C22H20N4O3S2. The average molecular weight is 453 g/mol. The fourth-order valence-corrected chi connectivity index (χ4v) is 4.58. The lowest BCUT2D eigenvalue weighted by Gasteiger charge is -2.04. The van der Waals surface area contributed by atoms with E-state index in [-0.39, 0.29) is 11.7 Å². The van der Waals surface area contributed by atoms with Gasteiger partial charge in [-0.05, 0) is 43.3 Å². The van der Waals surface area contributed by atoms with Crippen molar-refractivity contribution in [1.82, 2.24) is 20.5 Å². The van der Waals surface area contributed by atoms with Crippen LogP contribution in [0.2, 0.25) is 0 Å². The fraction of sp³-hybridized carbons (Fsp3) is 0.182. The number of aromatic nitrogens is 3. The van der Waals surface area contributed by atoms with Gasteiger partial charge < -0.3 is 14.5 Å². The van der Waals surface area contributed by atoms with Crippen molar-refractivity contribution < 1.29 is 13.9 Å². The van der Waals surface area contributed by atoms with E-state index in [2.05, 4.69) is 15.5 Å². The van der Waals surface area contributed by atoms with E-state index in [0.29, 0.717) is 11.6 Å². The normalized spacial score (nSPS) is 10.8. The molecule has 0 saturated carbocycles. The van der Waals surface area contributed by atoms with Crippen molar-refractivity contribution in [2.75, 3.05) is 12.9 Å². The van der Waals surface area contributed by atoms with Crippen LogP contribution in [0.1, 0.15) is 11.5 Å². The molecule has 1 aromatic carbocycles. The Morgan fingerprint density at radius 3 is 2.77 bits per heavy atom. The molecule has 1 amide bonds. The van der Waals surface area contributed by atoms with Crippen molar-refractivity contribution in [2.24, 2.45) is 0 Å². The van der Waals surface area contributed by atoms with Gasteiger partial charge >= 0.3 is 0 Å². The van der Waals surface area contributed by atoms with E-state index in [1.54, 1.807) is 30.8 Å². The number of thioether (sulfide) groups is 1. The highest BCUT2D eigenvalue weighted by Crippen LogP contribution is 2.38. The van der Waals surface area contributed by atoms with E-state index in [4.69, 9.17) is 14.1 Å². The number of methoxy groups -OCH3 is 1. The third-order valence-electron chi connectivity index (χ3n) is 4.40. The van der Waals surface area contributed by atoms with Crippen LogP contribution in [0, 0.1) is 6.92 Å². The summed E-state index contributed by atoms with van der Waals surface area (Å²) in [5.41, 5.74) is 2.59. The maximum Gasteiger partial charge on any atom is 0.230 e. The Morgan fingerprint density at radius 1 is 1.16 bits per heavy atom. The second-order valence-electron chi connectivity index (χ2n) is 6.54. The molecule has 0 aliphatic rings. The minimum absolute atomic E-state index is 0.0907. The summed E-state index contributed by atoms with van der Waals surface area (Å²) in [7, 11) is 1.65. The molecule has 0 spiro atoms. The zero-order chi connectivity index (χ0) is 21.6. The molecule has 31 heavy (non-hydrogen) atoms. The van der Waals surface area contributed by atoms with Crippen LogP contribution >= 0.6 is 23.1 Å². The Bertz CT molecular complexity index is 1160. The van der Waals surface area contributed by atoms with E-state index in [9.17, 15) is 4.79 Å². The number of ether oxygens (including phenoxy) is 1. The summed E-state index contributed by atoms with van der Waals surface area (Å²) in [6, 6.07) is 15.2. The van der Waals surface area contributed by atoms with E-state index in [1.807, 2.05) is 49.4 Å². The quantitative estimate of drug-likeness (QED) is 0.391. The molecule has 0 fully saturated rings. The first kappa shape index (κ1) is 21.1. The van der Waals surface area contributed by atoms with Crippen LogP contribution < -0.4 is 10.1 Å². The third kappa shape index (κ3) is 5.12. The van der Waals surface area contributed by atoms with E-state index < -0.39 is 0 Å². The fourth-order valence-electron chi connectivity index (χ4n) is 2.88. The average Bonchev–Trinajstić information content (AvgIpc) is 3.46. The number of para-hydroxylation sites is 1. The molecule has 0 aliphatic carbocycles. The monoisotopic (exact) mass is 452 g/mol. The molecule has 0 atom stereocenters. The molecule has 0 radical (unpaired) electrons. The van der Waals surface area contributed by atoms with Crippen LogP contribution in [0.5, 0.6) is 5.75 Å². The maximum atomic E-state index is 12.0. The molecule has 4 aromatic rings. The number of thiazole rings is 1. The van der Waals surface area contributed by atoms with Crippen molar-refractivity contribution in [3.8, 4) is 26.9 Å². The molecule has 7 nitrogen and oxygen atoms in total. The second-order valence-corrected chi connectivity index (χ2v) is 8.53. The number of aryl methyl sites for hydroxylation is 1. The smallest absolute Gasteiger partial charge is 0.230 e. The SMILES string of the molecule is COc1ccccc1-c1nc(C)c(-c2ccc(SCC(=O)NCc3ccco3)nn2)s1. The highest BCUT2D eigenvalue weighted by atomic mass is 32.2. The summed E-state index contributed by atoms with van der Waals surface area (Å²) in [5.74, 6) is 1.67. The molecule has 3 aromatic heterocycles. The third-order valence-corrected chi connectivity index (χ3v) is 6.53. The lowest BCUT2D eigenvalue weighted by molar-refractivity contribution is -0.118. The largest absolute Gasteiger partial charge is 0.496 e. The van der Waals surface area contributed by atoms with Crippen LogP contribution in [-0.2, 0) is 11.3 Å². The molecule has 0 unspecified atom stereocenters. The summed E-state index contributed by atoms with van der Waals surface area (Å²) in [5, 5.41) is 13.0. The van der Waals surface area contributed by atoms with E-state index in [0.717, 1.165) is 38.3 Å². The second kappa shape index (κ2) is 9.76. The lowest BCUT2D eigenvalue weighted by atomic mass is 10.2. The lowest BCUT2D eigenvalue weighted by Crippen LogP contribution is -2.24. The number of amides is 1. The molecular weight excluding hydrogens is 432 g/mol. The molecule has 0 bridgehead atoms. The summed E-state index contributed by atoms with van der Waals surface area (Å²) in [6.07, 6.45) is 1.58. The molecule has 9 heteroatoms. The Kier molecular flexibility index (Phi) is 6.63. The molecule has 158 valence electrons. The van der Waals surface area contributed by atoms with Crippen LogP contribution in [0.15, 0.2) is 64.2 Å². The summed E-state index contributed by atoms with van der Waals surface area (Å²) in [4.78, 5) is 17.6. The Labute approximate surface area is 187 Å². The minimum Gasteiger partial charge on any atom is -0.496 e. The van der Waals surface area contributed by atoms with Gasteiger partial charge in [0, 0.05) is 0 Å². The number of carbonyl (C=O) groups is 1. The highest BCUT2D eigenvalue weighted by Gasteiger charge is 2.16. The Hall–Kier alpha value is -3.17. The summed E-state index contributed by atoms with van der Waals surface area (Å²) < 4.78 is 10.7. The van der Waals surface area contributed by atoms with Crippen molar-refractivity contribution >= 4 is 29.0 Å². The van der Waals surface area contributed by atoms with Gasteiger partial charge in [0.2, 0.25) is 5.91 Å². The predicted molar refractivity (Wildman–Crippen MR) is 121 cm³/mol. The van der Waals surface area contributed by atoms with E-state index in [1.165, 1.54) is 11.8 Å². The molecule has 0 saturated heterocycles. The van der Waals surface area contributed by atoms with Crippen LogP contribution in [0.25, 0.3) is 21.1 Å². The zero-order valence-corrected chi connectivity index (χ0v) is 18.6. The highest BCUT2D eigenvalue weighted by molar-refractivity contribution is 7.99. The number of nitrogens with one attached hydrogen (secondary N) is 1. The minimum atomic E-state index is -0.0907. The number of nitrogens with zero attached hydrogens (tertiary/aromatic N) is 3. The van der Waals surface area contributed by atoms with Crippen molar-refractivity contribution in [1.29, 1.82) is 0 Å². The van der Waals surface area contributed by atoms with Gasteiger partial charge in [0.15, 0.2) is 0 Å². The predicted octanol–water partition coefficient (Wildman–Crippen LogP) is 4.59. The number of furan rings is 1. The molecule has 0 aliphatic heterocycles. The van der Waals surface area contributed by atoms with Gasteiger partial charge in [0.25, 0.3) is 0 Å². The number of rotatable bonds is 8. The van der Waals surface area contributed by atoms with Gasteiger partial charge in [-0.3, -0.25) is 4.79 Å². The molecule has 3 heterocycles. The number of benzene rings is 1. The molecule has 4 rings (SSSR count). The summed E-state index contributed by atoms with van der Waals surface area (Å²) in [6.45, 7) is 2.33. The van der Waals surface area contributed by atoms with Crippen molar-refractivity contribution in [2.45, 2.75) is 18.5 Å².